The second-order valence-corrected chi connectivity index (χ2v) is 4.78. The summed E-state index contributed by atoms with van der Waals surface area (Å²) in [6, 6.07) is 4.52. The summed E-state index contributed by atoms with van der Waals surface area (Å²) in [5.41, 5.74) is 1.00. The van der Waals surface area contributed by atoms with Crippen LogP contribution in [0.4, 0.5) is 4.39 Å². The lowest BCUT2D eigenvalue weighted by Crippen LogP contribution is -2.38. The van der Waals surface area contributed by atoms with Gasteiger partial charge < -0.3 is 10.0 Å². The molecule has 0 saturated carbocycles. The number of nitrogens with zero attached hydrogens (tertiary/aromatic N) is 1. The summed E-state index contributed by atoms with van der Waals surface area (Å²) in [6.07, 6.45) is 1.02. The van der Waals surface area contributed by atoms with Gasteiger partial charge in [0.05, 0.1) is 0 Å². The second kappa shape index (κ2) is 6.88. The van der Waals surface area contributed by atoms with Gasteiger partial charge in [-0.2, -0.15) is 0 Å². The van der Waals surface area contributed by atoms with E-state index in [0.29, 0.717) is 12.6 Å². The summed E-state index contributed by atoms with van der Waals surface area (Å²) in [7, 11) is -1.63. The van der Waals surface area contributed by atoms with Crippen molar-refractivity contribution in [2.45, 2.75) is 39.8 Å². The molecule has 2 N–H and O–H groups in total. The third kappa shape index (κ3) is 4.08. The Morgan fingerprint density at radius 3 is 2.50 bits per heavy atom. The first kappa shape index (κ1) is 15.2. The zero-order valence-corrected chi connectivity index (χ0v) is 11.2. The number of hydrogen-bond donors (Lipinski definition) is 2. The molecule has 0 saturated heterocycles. The van der Waals surface area contributed by atoms with Crippen LogP contribution in [0.3, 0.4) is 0 Å². The molecule has 0 heterocycles. The van der Waals surface area contributed by atoms with Crippen LogP contribution in [-0.2, 0) is 6.54 Å². The zero-order chi connectivity index (χ0) is 13.7. The van der Waals surface area contributed by atoms with E-state index < -0.39 is 12.9 Å². The van der Waals surface area contributed by atoms with Crippen LogP contribution in [0.1, 0.15) is 32.8 Å². The van der Waals surface area contributed by atoms with Crippen LogP contribution in [0, 0.1) is 5.82 Å². The van der Waals surface area contributed by atoms with E-state index >= 15 is 0 Å². The topological polar surface area (TPSA) is 43.7 Å². The van der Waals surface area contributed by atoms with Crippen molar-refractivity contribution in [3.8, 4) is 0 Å². The number of halogens is 1. The van der Waals surface area contributed by atoms with Gasteiger partial charge in [0.15, 0.2) is 0 Å². The monoisotopic (exact) mass is 253 g/mol. The second-order valence-electron chi connectivity index (χ2n) is 4.78. The van der Waals surface area contributed by atoms with Crippen molar-refractivity contribution in [2.75, 3.05) is 6.54 Å². The van der Waals surface area contributed by atoms with Gasteiger partial charge >= 0.3 is 7.12 Å². The molecule has 0 unspecified atom stereocenters. The Kier molecular flexibility index (Phi) is 5.79. The summed E-state index contributed by atoms with van der Waals surface area (Å²) >= 11 is 0. The minimum absolute atomic E-state index is 0.247. The minimum atomic E-state index is -1.63. The van der Waals surface area contributed by atoms with Gasteiger partial charge in [0.25, 0.3) is 0 Å². The van der Waals surface area contributed by atoms with Crippen molar-refractivity contribution in [1.82, 2.24) is 4.90 Å². The molecule has 0 bridgehead atoms. The standard InChI is InChI=1S/C13H21BFNO2/c1-4-7-16(10(2)3)9-11-5-6-12(15)8-13(11)14(17)18/h5-6,8,10,17-18H,4,7,9H2,1-3H3. The Labute approximate surface area is 108 Å². The summed E-state index contributed by atoms with van der Waals surface area (Å²) in [5, 5.41) is 18.6. The lowest BCUT2D eigenvalue weighted by Gasteiger charge is -2.27. The predicted molar refractivity (Wildman–Crippen MR) is 72.1 cm³/mol. The molecule has 0 radical (unpaired) electrons. The van der Waals surface area contributed by atoms with Crippen LogP contribution in [0.2, 0.25) is 0 Å². The van der Waals surface area contributed by atoms with Crippen molar-refractivity contribution in [2.24, 2.45) is 0 Å². The fourth-order valence-electron chi connectivity index (χ4n) is 1.98. The Bertz CT molecular complexity index is 385. The molecule has 0 amide bonds. The van der Waals surface area contributed by atoms with Crippen LogP contribution < -0.4 is 5.46 Å². The molecule has 3 nitrogen and oxygen atoms in total. The highest BCUT2D eigenvalue weighted by Crippen LogP contribution is 2.09. The number of benzene rings is 1. The van der Waals surface area contributed by atoms with E-state index in [9.17, 15) is 14.4 Å². The molecule has 0 aromatic heterocycles. The van der Waals surface area contributed by atoms with Crippen LogP contribution >= 0.6 is 0 Å². The molecule has 1 aromatic rings. The molecular formula is C13H21BFNO2. The maximum atomic E-state index is 13.1. The molecule has 0 aliphatic heterocycles. The predicted octanol–water partition coefficient (Wildman–Crippen LogP) is 1.13. The Hall–Kier alpha value is -0.905. The van der Waals surface area contributed by atoms with E-state index in [2.05, 4.69) is 25.7 Å². The molecule has 0 aliphatic rings. The normalized spacial score (nSPS) is 11.3. The van der Waals surface area contributed by atoms with Crippen LogP contribution in [0.15, 0.2) is 18.2 Å². The highest BCUT2D eigenvalue weighted by Gasteiger charge is 2.19. The smallest absolute Gasteiger partial charge is 0.423 e. The summed E-state index contributed by atoms with van der Waals surface area (Å²) < 4.78 is 13.1. The molecule has 0 spiro atoms. The SMILES string of the molecule is CCCN(Cc1ccc(F)cc1B(O)O)C(C)C. The molecule has 0 fully saturated rings. The molecule has 0 atom stereocenters. The average molecular weight is 253 g/mol. The fourth-order valence-corrected chi connectivity index (χ4v) is 1.98. The largest absolute Gasteiger partial charge is 0.488 e. The lowest BCUT2D eigenvalue weighted by molar-refractivity contribution is 0.213. The summed E-state index contributed by atoms with van der Waals surface area (Å²) in [4.78, 5) is 2.22. The van der Waals surface area contributed by atoms with Gasteiger partial charge in [0, 0.05) is 12.6 Å². The van der Waals surface area contributed by atoms with Crippen molar-refractivity contribution in [3.63, 3.8) is 0 Å². The van der Waals surface area contributed by atoms with Crippen molar-refractivity contribution < 1.29 is 14.4 Å². The maximum Gasteiger partial charge on any atom is 0.488 e. The van der Waals surface area contributed by atoms with E-state index in [0.717, 1.165) is 18.5 Å². The lowest BCUT2D eigenvalue weighted by atomic mass is 9.76. The summed E-state index contributed by atoms with van der Waals surface area (Å²) in [6.45, 7) is 7.80. The van der Waals surface area contributed by atoms with Gasteiger partial charge in [-0.05, 0) is 50.0 Å². The van der Waals surface area contributed by atoms with E-state index in [1.54, 1.807) is 6.07 Å². The molecule has 1 rings (SSSR count). The van der Waals surface area contributed by atoms with E-state index in [1.165, 1.54) is 12.1 Å². The van der Waals surface area contributed by atoms with Gasteiger partial charge in [-0.3, -0.25) is 4.90 Å². The Morgan fingerprint density at radius 2 is 2.00 bits per heavy atom. The molecule has 5 heteroatoms. The van der Waals surface area contributed by atoms with Crippen LogP contribution in [0.25, 0.3) is 0 Å². The van der Waals surface area contributed by atoms with E-state index in [4.69, 9.17) is 0 Å². The van der Waals surface area contributed by atoms with Crippen molar-refractivity contribution >= 4 is 12.6 Å². The molecule has 18 heavy (non-hydrogen) atoms. The number of hydrogen-bond acceptors (Lipinski definition) is 3. The van der Waals surface area contributed by atoms with Gasteiger partial charge in [0.2, 0.25) is 0 Å². The molecular weight excluding hydrogens is 232 g/mol. The molecule has 1 aromatic carbocycles. The first-order valence-electron chi connectivity index (χ1n) is 6.34. The van der Waals surface area contributed by atoms with Gasteiger partial charge in [-0.1, -0.05) is 13.0 Å². The highest BCUT2D eigenvalue weighted by molar-refractivity contribution is 6.59. The number of rotatable bonds is 6. The third-order valence-electron chi connectivity index (χ3n) is 3.00. The van der Waals surface area contributed by atoms with Crippen molar-refractivity contribution in [3.05, 3.63) is 29.6 Å². The van der Waals surface area contributed by atoms with Crippen LogP contribution in [-0.4, -0.2) is 34.7 Å². The van der Waals surface area contributed by atoms with Gasteiger partial charge in [0.1, 0.15) is 5.82 Å². The van der Waals surface area contributed by atoms with E-state index in [1.807, 2.05) is 0 Å². The average Bonchev–Trinajstić information content (AvgIpc) is 2.30. The van der Waals surface area contributed by atoms with Gasteiger partial charge in [-0.25, -0.2) is 4.39 Å². The fraction of sp³-hybridized carbons (Fsp3) is 0.538. The van der Waals surface area contributed by atoms with E-state index in [-0.39, 0.29) is 5.46 Å². The first-order chi connectivity index (χ1) is 8.45. The Balaban J connectivity index is 2.94. The van der Waals surface area contributed by atoms with Crippen LogP contribution in [0.5, 0.6) is 0 Å². The zero-order valence-electron chi connectivity index (χ0n) is 11.2. The van der Waals surface area contributed by atoms with Crippen molar-refractivity contribution in [1.29, 1.82) is 0 Å². The summed E-state index contributed by atoms with van der Waals surface area (Å²) in [5.74, 6) is -0.451. The highest BCUT2D eigenvalue weighted by atomic mass is 19.1. The first-order valence-corrected chi connectivity index (χ1v) is 6.34. The Morgan fingerprint density at radius 1 is 1.33 bits per heavy atom. The maximum absolute atomic E-state index is 13.1. The quantitative estimate of drug-likeness (QED) is 0.747. The third-order valence-corrected chi connectivity index (χ3v) is 3.00. The molecule has 0 aliphatic carbocycles. The van der Waals surface area contributed by atoms with Gasteiger partial charge in [-0.15, -0.1) is 0 Å². The minimum Gasteiger partial charge on any atom is -0.423 e. The molecule has 100 valence electrons.